The highest BCUT2D eigenvalue weighted by atomic mass is 32.1. The second-order valence-electron chi connectivity index (χ2n) is 5.95. The topological polar surface area (TPSA) is 89.2 Å². The largest absolute Gasteiger partial charge is 0.366 e. The van der Waals surface area contributed by atoms with Gasteiger partial charge in [0.2, 0.25) is 5.91 Å². The van der Waals surface area contributed by atoms with E-state index in [1.807, 2.05) is 18.4 Å². The first-order chi connectivity index (χ1) is 12.4. The van der Waals surface area contributed by atoms with Crippen LogP contribution in [-0.2, 0) is 6.54 Å². The second-order valence-corrected chi connectivity index (χ2v) is 6.89. The number of primary amides is 1. The van der Waals surface area contributed by atoms with Crippen LogP contribution in [0.3, 0.4) is 0 Å². The van der Waals surface area contributed by atoms with Crippen molar-refractivity contribution < 1.29 is 9.59 Å². The van der Waals surface area contributed by atoms with Crippen LogP contribution in [0, 0.1) is 6.92 Å². The van der Waals surface area contributed by atoms with Crippen molar-refractivity contribution in [2.24, 2.45) is 5.73 Å². The van der Waals surface area contributed by atoms with E-state index < -0.39 is 5.91 Å². The summed E-state index contributed by atoms with van der Waals surface area (Å²) >= 11 is 1.51. The predicted octanol–water partition coefficient (Wildman–Crippen LogP) is 2.88. The maximum Gasteiger partial charge on any atom is 0.254 e. The molecule has 2 amide bonds. The molecule has 0 bridgehead atoms. The van der Waals surface area contributed by atoms with Crippen LogP contribution in [0.25, 0.3) is 11.1 Å². The minimum absolute atomic E-state index is 0.203. The lowest BCUT2D eigenvalue weighted by atomic mass is 10.00. The summed E-state index contributed by atoms with van der Waals surface area (Å²) in [5.74, 6) is -0.783. The molecule has 6 nitrogen and oxygen atoms in total. The van der Waals surface area contributed by atoms with Crippen LogP contribution in [0.1, 0.15) is 31.4 Å². The maximum absolute atomic E-state index is 12.8. The number of hydrogen-bond acceptors (Lipinski definition) is 5. The van der Waals surface area contributed by atoms with Gasteiger partial charge >= 0.3 is 0 Å². The van der Waals surface area contributed by atoms with Gasteiger partial charge in [-0.25, -0.2) is 4.98 Å². The molecule has 0 fully saturated rings. The molecule has 0 aliphatic heterocycles. The van der Waals surface area contributed by atoms with Crippen LogP contribution in [-0.4, -0.2) is 33.7 Å². The molecule has 0 unspecified atom stereocenters. The first kappa shape index (κ1) is 17.8. The minimum Gasteiger partial charge on any atom is -0.366 e. The van der Waals surface area contributed by atoms with Gasteiger partial charge in [-0.15, -0.1) is 11.3 Å². The Morgan fingerprint density at radius 2 is 1.96 bits per heavy atom. The Balaban J connectivity index is 1.93. The highest BCUT2D eigenvalue weighted by Gasteiger charge is 2.17. The summed E-state index contributed by atoms with van der Waals surface area (Å²) < 4.78 is 0. The molecule has 1 aromatic carbocycles. The molecular formula is C19H18N4O2S. The van der Waals surface area contributed by atoms with Crippen LogP contribution < -0.4 is 5.73 Å². The van der Waals surface area contributed by atoms with Crippen molar-refractivity contribution in [3.63, 3.8) is 0 Å². The predicted molar refractivity (Wildman–Crippen MR) is 101 cm³/mol. The van der Waals surface area contributed by atoms with Gasteiger partial charge in [0.1, 0.15) is 5.01 Å². The number of benzene rings is 1. The molecule has 2 heterocycles. The van der Waals surface area contributed by atoms with Gasteiger partial charge in [-0.3, -0.25) is 14.6 Å². The molecule has 0 aliphatic rings. The van der Waals surface area contributed by atoms with Crippen LogP contribution in [0.15, 0.2) is 48.1 Å². The van der Waals surface area contributed by atoms with Gasteiger partial charge < -0.3 is 10.6 Å². The van der Waals surface area contributed by atoms with E-state index in [0.29, 0.717) is 12.1 Å². The molecular weight excluding hydrogens is 348 g/mol. The van der Waals surface area contributed by atoms with E-state index in [4.69, 9.17) is 5.73 Å². The molecule has 2 aromatic heterocycles. The van der Waals surface area contributed by atoms with Crippen molar-refractivity contribution in [2.45, 2.75) is 13.5 Å². The standard InChI is InChI=1S/C19H18N4O2S/c1-12-11-26-17(22-12)10-23(2)19(25)16-7-14(6-15(8-16)18(20)24)13-4-3-5-21-9-13/h3-9,11H,10H2,1-2H3,(H2,20,24). The maximum atomic E-state index is 12.8. The van der Waals surface area contributed by atoms with Crippen molar-refractivity contribution in [3.05, 3.63) is 69.9 Å². The monoisotopic (exact) mass is 366 g/mol. The zero-order valence-electron chi connectivity index (χ0n) is 14.5. The lowest BCUT2D eigenvalue weighted by molar-refractivity contribution is 0.0785. The Kier molecular flexibility index (Phi) is 5.09. The zero-order chi connectivity index (χ0) is 18.7. The van der Waals surface area contributed by atoms with Gasteiger partial charge in [-0.2, -0.15) is 0 Å². The van der Waals surface area contributed by atoms with Crippen molar-refractivity contribution in [2.75, 3.05) is 7.05 Å². The number of aryl methyl sites for hydroxylation is 1. The number of rotatable bonds is 5. The van der Waals surface area contributed by atoms with E-state index in [9.17, 15) is 9.59 Å². The molecule has 7 heteroatoms. The third kappa shape index (κ3) is 3.94. The van der Waals surface area contributed by atoms with Crippen molar-refractivity contribution >= 4 is 23.2 Å². The SMILES string of the molecule is Cc1csc(CN(C)C(=O)c2cc(C(N)=O)cc(-c3cccnc3)c2)n1. The van der Waals surface area contributed by atoms with Gasteiger partial charge in [0.15, 0.2) is 0 Å². The molecule has 0 aliphatic carbocycles. The molecule has 0 saturated heterocycles. The fraction of sp³-hybridized carbons (Fsp3) is 0.158. The van der Waals surface area contributed by atoms with Crippen molar-refractivity contribution in [1.82, 2.24) is 14.9 Å². The van der Waals surface area contributed by atoms with E-state index in [1.54, 1.807) is 42.5 Å². The average Bonchev–Trinajstić information content (AvgIpc) is 3.06. The highest BCUT2D eigenvalue weighted by Crippen LogP contribution is 2.23. The smallest absolute Gasteiger partial charge is 0.254 e. The Morgan fingerprint density at radius 1 is 1.19 bits per heavy atom. The van der Waals surface area contributed by atoms with E-state index >= 15 is 0 Å². The summed E-state index contributed by atoms with van der Waals surface area (Å²) in [6.07, 6.45) is 3.34. The fourth-order valence-corrected chi connectivity index (χ4v) is 3.39. The summed E-state index contributed by atoms with van der Waals surface area (Å²) in [7, 11) is 1.71. The number of nitrogens with two attached hydrogens (primary N) is 1. The quantitative estimate of drug-likeness (QED) is 0.752. The average molecular weight is 366 g/mol. The van der Waals surface area contributed by atoms with E-state index in [0.717, 1.165) is 21.8 Å². The third-order valence-electron chi connectivity index (χ3n) is 3.85. The lowest BCUT2D eigenvalue weighted by Crippen LogP contribution is -2.26. The summed E-state index contributed by atoms with van der Waals surface area (Å²) in [5, 5.41) is 2.80. The van der Waals surface area contributed by atoms with Crippen LogP contribution in [0.2, 0.25) is 0 Å². The normalized spacial score (nSPS) is 10.5. The van der Waals surface area contributed by atoms with Crippen molar-refractivity contribution in [1.29, 1.82) is 0 Å². The zero-order valence-corrected chi connectivity index (χ0v) is 15.3. The molecule has 132 valence electrons. The third-order valence-corrected chi connectivity index (χ3v) is 4.80. The summed E-state index contributed by atoms with van der Waals surface area (Å²) in [6.45, 7) is 2.32. The van der Waals surface area contributed by atoms with Gasteiger partial charge in [-0.05, 0) is 36.8 Å². The van der Waals surface area contributed by atoms with E-state index in [-0.39, 0.29) is 11.5 Å². The lowest BCUT2D eigenvalue weighted by Gasteiger charge is -2.17. The molecule has 0 saturated carbocycles. The minimum atomic E-state index is -0.581. The van der Waals surface area contributed by atoms with Gasteiger partial charge in [0.25, 0.3) is 5.91 Å². The summed E-state index contributed by atoms with van der Waals surface area (Å²) in [4.78, 5) is 34.6. The van der Waals surface area contributed by atoms with Crippen LogP contribution in [0.4, 0.5) is 0 Å². The summed E-state index contributed by atoms with van der Waals surface area (Å²) in [6, 6.07) is 8.60. The number of nitrogens with zero attached hydrogens (tertiary/aromatic N) is 3. The Morgan fingerprint density at radius 3 is 2.58 bits per heavy atom. The van der Waals surface area contributed by atoms with Gasteiger partial charge in [0.05, 0.1) is 6.54 Å². The Labute approximate surface area is 155 Å². The first-order valence-electron chi connectivity index (χ1n) is 7.96. The molecule has 2 N–H and O–H groups in total. The fourth-order valence-electron chi connectivity index (χ4n) is 2.56. The molecule has 3 rings (SSSR count). The van der Waals surface area contributed by atoms with Gasteiger partial charge in [0, 0.05) is 47.2 Å². The Hall–Kier alpha value is -3.06. The molecule has 0 radical (unpaired) electrons. The number of hydrogen-bond donors (Lipinski definition) is 1. The number of carbonyl (C=O) groups is 2. The first-order valence-corrected chi connectivity index (χ1v) is 8.84. The Bertz CT molecular complexity index is 953. The molecule has 26 heavy (non-hydrogen) atoms. The van der Waals surface area contributed by atoms with Gasteiger partial charge in [-0.1, -0.05) is 6.07 Å². The van der Waals surface area contributed by atoms with Crippen LogP contribution in [0.5, 0.6) is 0 Å². The van der Waals surface area contributed by atoms with E-state index in [1.165, 1.54) is 17.4 Å². The summed E-state index contributed by atoms with van der Waals surface area (Å²) in [5.41, 5.74) is 8.59. The number of amides is 2. The highest BCUT2D eigenvalue weighted by molar-refractivity contribution is 7.09. The number of aromatic nitrogens is 2. The van der Waals surface area contributed by atoms with E-state index in [2.05, 4.69) is 9.97 Å². The number of thiazole rings is 1. The molecule has 0 atom stereocenters. The number of pyridine rings is 1. The van der Waals surface area contributed by atoms with Crippen molar-refractivity contribution in [3.8, 4) is 11.1 Å². The number of carbonyl (C=O) groups excluding carboxylic acids is 2. The molecule has 0 spiro atoms. The van der Waals surface area contributed by atoms with Crippen LogP contribution >= 0.6 is 11.3 Å². The second kappa shape index (κ2) is 7.45. The molecule has 3 aromatic rings.